The molecule has 0 saturated carbocycles. The van der Waals surface area contributed by atoms with E-state index in [1.54, 1.807) is 12.3 Å². The lowest BCUT2D eigenvalue weighted by molar-refractivity contribution is 0.127. The molecular formula is C9H15N3O3S. The van der Waals surface area contributed by atoms with Crippen LogP contribution in [0.15, 0.2) is 12.3 Å². The standard InChI is InChI=1S/C9H15N3O3S/c13-16(14,7-9-2-1-5-15-9)11-6-8-3-4-10-12-8/h3-4,9,11H,1-2,5-7H2,(H,10,12). The predicted octanol–water partition coefficient (Wildman–Crippen LogP) is 0.00810. The lowest BCUT2D eigenvalue weighted by Crippen LogP contribution is -2.31. The van der Waals surface area contributed by atoms with Gasteiger partial charge in [-0.2, -0.15) is 5.10 Å². The third-order valence-corrected chi connectivity index (χ3v) is 3.87. The van der Waals surface area contributed by atoms with Gasteiger partial charge in [-0.3, -0.25) is 5.10 Å². The molecule has 2 heterocycles. The van der Waals surface area contributed by atoms with E-state index in [1.165, 1.54) is 0 Å². The molecule has 1 aromatic heterocycles. The monoisotopic (exact) mass is 245 g/mol. The second-order valence-corrected chi connectivity index (χ2v) is 5.67. The first-order valence-electron chi connectivity index (χ1n) is 5.23. The first kappa shape index (κ1) is 11.6. The Morgan fingerprint density at radius 3 is 3.12 bits per heavy atom. The fourth-order valence-electron chi connectivity index (χ4n) is 1.65. The first-order chi connectivity index (χ1) is 7.66. The van der Waals surface area contributed by atoms with Crippen LogP contribution in [0.2, 0.25) is 0 Å². The zero-order valence-electron chi connectivity index (χ0n) is 8.85. The van der Waals surface area contributed by atoms with Gasteiger partial charge < -0.3 is 4.74 Å². The van der Waals surface area contributed by atoms with E-state index in [0.717, 1.165) is 18.5 Å². The molecule has 1 aromatic rings. The van der Waals surface area contributed by atoms with Crippen LogP contribution in [0, 0.1) is 0 Å². The predicted molar refractivity (Wildman–Crippen MR) is 58.2 cm³/mol. The Bertz CT molecular complexity index is 409. The number of hydrogen-bond acceptors (Lipinski definition) is 4. The summed E-state index contributed by atoms with van der Waals surface area (Å²) in [5.74, 6) is 0.0428. The van der Waals surface area contributed by atoms with Gasteiger partial charge in [-0.1, -0.05) is 0 Å². The lowest BCUT2D eigenvalue weighted by atomic mass is 10.3. The normalized spacial score (nSPS) is 21.4. The number of sulfonamides is 1. The van der Waals surface area contributed by atoms with Gasteiger partial charge in [0.25, 0.3) is 0 Å². The molecule has 0 amide bonds. The van der Waals surface area contributed by atoms with Crippen LogP contribution in [-0.2, 0) is 21.3 Å². The number of ether oxygens (including phenoxy) is 1. The smallest absolute Gasteiger partial charge is 0.214 e. The molecule has 2 N–H and O–H groups in total. The molecule has 1 unspecified atom stereocenters. The highest BCUT2D eigenvalue weighted by molar-refractivity contribution is 7.89. The van der Waals surface area contributed by atoms with Crippen molar-refractivity contribution in [2.24, 2.45) is 0 Å². The summed E-state index contributed by atoms with van der Waals surface area (Å²) in [6.07, 6.45) is 3.20. The Morgan fingerprint density at radius 1 is 1.62 bits per heavy atom. The van der Waals surface area contributed by atoms with Crippen molar-refractivity contribution < 1.29 is 13.2 Å². The molecule has 90 valence electrons. The topological polar surface area (TPSA) is 84.1 Å². The molecule has 0 radical (unpaired) electrons. The van der Waals surface area contributed by atoms with Crippen molar-refractivity contribution >= 4 is 10.0 Å². The summed E-state index contributed by atoms with van der Waals surface area (Å²) in [6, 6.07) is 1.73. The van der Waals surface area contributed by atoms with E-state index in [1.807, 2.05) is 0 Å². The average molecular weight is 245 g/mol. The summed E-state index contributed by atoms with van der Waals surface area (Å²) in [7, 11) is -3.26. The number of aromatic nitrogens is 2. The van der Waals surface area contributed by atoms with Crippen molar-refractivity contribution in [3.8, 4) is 0 Å². The lowest BCUT2D eigenvalue weighted by Gasteiger charge is -2.10. The van der Waals surface area contributed by atoms with Gasteiger partial charge in [-0.25, -0.2) is 13.1 Å². The van der Waals surface area contributed by atoms with Crippen molar-refractivity contribution in [1.29, 1.82) is 0 Å². The van der Waals surface area contributed by atoms with Crippen LogP contribution in [0.1, 0.15) is 18.5 Å². The van der Waals surface area contributed by atoms with Crippen LogP contribution in [0.4, 0.5) is 0 Å². The molecule has 1 aliphatic heterocycles. The van der Waals surface area contributed by atoms with Gasteiger partial charge in [-0.05, 0) is 18.9 Å². The van der Waals surface area contributed by atoms with E-state index in [9.17, 15) is 8.42 Å². The highest BCUT2D eigenvalue weighted by Crippen LogP contribution is 2.13. The Labute approximate surface area is 94.4 Å². The Morgan fingerprint density at radius 2 is 2.50 bits per heavy atom. The van der Waals surface area contributed by atoms with Gasteiger partial charge in [0.2, 0.25) is 10.0 Å². The molecular weight excluding hydrogens is 230 g/mol. The number of H-pyrrole nitrogens is 1. The molecule has 6 nitrogen and oxygen atoms in total. The zero-order valence-corrected chi connectivity index (χ0v) is 9.66. The van der Waals surface area contributed by atoms with Crippen LogP contribution >= 0.6 is 0 Å². The SMILES string of the molecule is O=S(=O)(CC1CCCO1)NCc1ccn[nH]1. The molecule has 7 heteroatoms. The van der Waals surface area contributed by atoms with E-state index in [0.29, 0.717) is 6.61 Å². The third-order valence-electron chi connectivity index (χ3n) is 2.47. The summed E-state index contributed by atoms with van der Waals surface area (Å²) in [4.78, 5) is 0. The average Bonchev–Trinajstić information content (AvgIpc) is 2.85. The zero-order chi connectivity index (χ0) is 11.4. The largest absolute Gasteiger partial charge is 0.377 e. The van der Waals surface area contributed by atoms with Crippen LogP contribution in [0.25, 0.3) is 0 Å². The highest BCUT2D eigenvalue weighted by Gasteiger charge is 2.22. The van der Waals surface area contributed by atoms with Gasteiger partial charge in [0.05, 0.1) is 24.1 Å². The summed E-state index contributed by atoms with van der Waals surface area (Å²) in [5, 5.41) is 6.44. The van der Waals surface area contributed by atoms with Gasteiger partial charge in [0.15, 0.2) is 0 Å². The fourth-order valence-corrected chi connectivity index (χ4v) is 2.90. The van der Waals surface area contributed by atoms with Gasteiger partial charge in [-0.15, -0.1) is 0 Å². The van der Waals surface area contributed by atoms with Crippen molar-refractivity contribution in [2.45, 2.75) is 25.5 Å². The first-order valence-corrected chi connectivity index (χ1v) is 6.88. The van der Waals surface area contributed by atoms with Gasteiger partial charge >= 0.3 is 0 Å². The second kappa shape index (κ2) is 4.94. The summed E-state index contributed by atoms with van der Waals surface area (Å²) >= 11 is 0. The molecule has 1 fully saturated rings. The van der Waals surface area contributed by atoms with E-state index >= 15 is 0 Å². The minimum atomic E-state index is -3.26. The highest BCUT2D eigenvalue weighted by atomic mass is 32.2. The molecule has 0 spiro atoms. The van der Waals surface area contributed by atoms with Crippen molar-refractivity contribution in [3.05, 3.63) is 18.0 Å². The Balaban J connectivity index is 1.82. The molecule has 16 heavy (non-hydrogen) atoms. The maximum absolute atomic E-state index is 11.7. The van der Waals surface area contributed by atoms with Crippen molar-refractivity contribution in [3.63, 3.8) is 0 Å². The molecule has 0 aromatic carbocycles. The number of rotatable bonds is 5. The van der Waals surface area contributed by atoms with Crippen LogP contribution < -0.4 is 4.72 Å². The molecule has 2 rings (SSSR count). The van der Waals surface area contributed by atoms with E-state index in [2.05, 4.69) is 14.9 Å². The van der Waals surface area contributed by atoms with E-state index in [-0.39, 0.29) is 18.4 Å². The summed E-state index contributed by atoms with van der Waals surface area (Å²) in [5.41, 5.74) is 0.746. The quantitative estimate of drug-likeness (QED) is 0.765. The van der Waals surface area contributed by atoms with Crippen LogP contribution in [-0.4, -0.2) is 37.1 Å². The Kier molecular flexibility index (Phi) is 3.57. The van der Waals surface area contributed by atoms with Crippen LogP contribution in [0.5, 0.6) is 0 Å². The number of nitrogens with zero attached hydrogens (tertiary/aromatic N) is 1. The van der Waals surface area contributed by atoms with Crippen molar-refractivity contribution in [2.75, 3.05) is 12.4 Å². The number of nitrogens with one attached hydrogen (secondary N) is 2. The Hall–Kier alpha value is -0.920. The minimum absolute atomic E-state index is 0.0428. The summed E-state index contributed by atoms with van der Waals surface area (Å²) < 4.78 is 31.1. The third kappa shape index (κ3) is 3.29. The number of hydrogen-bond donors (Lipinski definition) is 2. The fraction of sp³-hybridized carbons (Fsp3) is 0.667. The molecule has 1 atom stereocenters. The number of aromatic amines is 1. The van der Waals surface area contributed by atoms with Gasteiger partial charge in [0, 0.05) is 12.8 Å². The molecule has 0 aliphatic carbocycles. The minimum Gasteiger partial charge on any atom is -0.377 e. The molecule has 1 aliphatic rings. The second-order valence-electron chi connectivity index (χ2n) is 3.82. The van der Waals surface area contributed by atoms with E-state index < -0.39 is 10.0 Å². The molecule has 1 saturated heterocycles. The van der Waals surface area contributed by atoms with Crippen LogP contribution in [0.3, 0.4) is 0 Å². The van der Waals surface area contributed by atoms with E-state index in [4.69, 9.17) is 4.74 Å². The molecule has 0 bridgehead atoms. The maximum atomic E-state index is 11.7. The summed E-state index contributed by atoms with van der Waals surface area (Å²) in [6.45, 7) is 0.912. The van der Waals surface area contributed by atoms with Crippen molar-refractivity contribution in [1.82, 2.24) is 14.9 Å². The van der Waals surface area contributed by atoms with Gasteiger partial charge in [0.1, 0.15) is 0 Å². The maximum Gasteiger partial charge on any atom is 0.214 e.